The number of carbonyl (C=O) groups excluding carboxylic acids is 2. The predicted molar refractivity (Wildman–Crippen MR) is 55.0 cm³/mol. The number of carbonyl (C=O) groups is 2. The molecule has 0 N–H and O–H groups in total. The molecule has 0 amide bonds. The third-order valence-corrected chi connectivity index (χ3v) is 3.09. The van der Waals surface area contributed by atoms with Crippen molar-refractivity contribution in [3.8, 4) is 0 Å². The van der Waals surface area contributed by atoms with E-state index in [4.69, 9.17) is 11.6 Å². The van der Waals surface area contributed by atoms with E-state index >= 15 is 0 Å². The van der Waals surface area contributed by atoms with E-state index in [1.807, 2.05) is 0 Å². The van der Waals surface area contributed by atoms with Gasteiger partial charge in [0.25, 0.3) is 0 Å². The van der Waals surface area contributed by atoms with Crippen LogP contribution in [0.25, 0.3) is 0 Å². The Labute approximate surface area is 92.2 Å². The number of alkyl halides is 1. The van der Waals surface area contributed by atoms with Gasteiger partial charge in [-0.3, -0.25) is 9.59 Å². The molecular weight excluding hydrogens is 216 g/mol. The maximum Gasteiger partial charge on any atom is 0.190 e. The largest absolute Gasteiger partial charge is 0.340 e. The molecule has 5 heteroatoms. The highest BCUT2D eigenvalue weighted by Gasteiger charge is 2.48. The summed E-state index contributed by atoms with van der Waals surface area (Å²) in [5.74, 6) is -0.438. The molecule has 0 radical (unpaired) electrons. The molecule has 0 spiro atoms. The zero-order valence-electron chi connectivity index (χ0n) is 8.36. The molecule has 0 atom stereocenters. The summed E-state index contributed by atoms with van der Waals surface area (Å²) in [6.45, 7) is 0. The molecule has 80 valence electrons. The average Bonchev–Trinajstić information content (AvgIpc) is 2.77. The van der Waals surface area contributed by atoms with Crippen LogP contribution in [0, 0.1) is 0 Å². The van der Waals surface area contributed by atoms with Crippen molar-refractivity contribution >= 4 is 23.2 Å². The molecule has 0 aromatic carbocycles. The van der Waals surface area contributed by atoms with E-state index in [-0.39, 0.29) is 18.0 Å². The molecule has 1 saturated carbocycles. The maximum atomic E-state index is 11.6. The van der Waals surface area contributed by atoms with Gasteiger partial charge in [0.1, 0.15) is 10.6 Å². The number of Topliss-reactive ketones (excluding diaryl/α,β-unsaturated/α-hetero) is 2. The topological polar surface area (TPSA) is 52.0 Å². The van der Waals surface area contributed by atoms with Crippen molar-refractivity contribution in [1.82, 2.24) is 9.55 Å². The lowest BCUT2D eigenvalue weighted by atomic mass is 10.1. The van der Waals surface area contributed by atoms with Gasteiger partial charge < -0.3 is 4.57 Å². The first-order valence-corrected chi connectivity index (χ1v) is 5.12. The molecule has 0 unspecified atom stereocenters. The summed E-state index contributed by atoms with van der Waals surface area (Å²) in [7, 11) is 1.77. The van der Waals surface area contributed by atoms with Gasteiger partial charge in [-0.15, -0.1) is 11.6 Å². The van der Waals surface area contributed by atoms with Crippen LogP contribution in [0.4, 0.5) is 0 Å². The van der Waals surface area contributed by atoms with Crippen LogP contribution in [0.1, 0.15) is 29.8 Å². The Morgan fingerprint density at radius 2 is 2.27 bits per heavy atom. The van der Waals surface area contributed by atoms with Gasteiger partial charge in [-0.1, -0.05) is 0 Å². The average molecular weight is 227 g/mol. The number of nitrogens with zero attached hydrogens (tertiary/aromatic N) is 2. The van der Waals surface area contributed by atoms with Crippen molar-refractivity contribution < 1.29 is 9.59 Å². The van der Waals surface area contributed by atoms with Crippen molar-refractivity contribution in [3.63, 3.8) is 0 Å². The summed E-state index contributed by atoms with van der Waals surface area (Å²) in [4.78, 5) is 26.3. The van der Waals surface area contributed by atoms with Crippen LogP contribution >= 0.6 is 11.6 Å². The number of ketones is 2. The van der Waals surface area contributed by atoms with Gasteiger partial charge in [0.05, 0.1) is 12.7 Å². The molecule has 1 aromatic rings. The van der Waals surface area contributed by atoms with Crippen LogP contribution in [-0.4, -0.2) is 26.0 Å². The van der Waals surface area contributed by atoms with Crippen molar-refractivity contribution in [1.29, 1.82) is 0 Å². The van der Waals surface area contributed by atoms with E-state index in [9.17, 15) is 9.59 Å². The zero-order valence-corrected chi connectivity index (χ0v) is 9.12. The van der Waals surface area contributed by atoms with Crippen LogP contribution < -0.4 is 0 Å². The second-order valence-corrected chi connectivity index (χ2v) is 4.64. The summed E-state index contributed by atoms with van der Waals surface area (Å²) < 4.78 is 1.67. The molecular formula is C10H11ClN2O2. The Balaban J connectivity index is 2.01. The molecule has 1 heterocycles. The van der Waals surface area contributed by atoms with E-state index in [1.54, 1.807) is 17.8 Å². The summed E-state index contributed by atoms with van der Waals surface area (Å²) >= 11 is 5.90. The zero-order chi connectivity index (χ0) is 11.1. The number of aromatic nitrogens is 2. The van der Waals surface area contributed by atoms with Gasteiger partial charge in [0.2, 0.25) is 0 Å². The molecule has 0 saturated heterocycles. The first-order valence-electron chi connectivity index (χ1n) is 4.75. The number of rotatable bonds is 4. The van der Waals surface area contributed by atoms with E-state index in [1.165, 1.54) is 6.33 Å². The molecule has 2 rings (SSSR count). The fourth-order valence-corrected chi connectivity index (χ4v) is 1.50. The van der Waals surface area contributed by atoms with Gasteiger partial charge in [-0.05, 0) is 12.8 Å². The molecule has 1 fully saturated rings. The van der Waals surface area contributed by atoms with E-state index in [0.717, 1.165) is 0 Å². The Morgan fingerprint density at radius 3 is 2.73 bits per heavy atom. The fraction of sp³-hybridized carbons (Fsp3) is 0.500. The molecule has 1 aromatic heterocycles. The lowest BCUT2D eigenvalue weighted by Gasteiger charge is -2.02. The minimum Gasteiger partial charge on any atom is -0.340 e. The summed E-state index contributed by atoms with van der Waals surface area (Å²) in [5.41, 5.74) is 0.326. The highest BCUT2D eigenvalue weighted by Crippen LogP contribution is 2.44. The molecule has 0 bridgehead atoms. The lowest BCUT2D eigenvalue weighted by molar-refractivity contribution is -0.118. The van der Waals surface area contributed by atoms with Crippen LogP contribution in [-0.2, 0) is 11.8 Å². The molecule has 0 aliphatic heterocycles. The summed E-state index contributed by atoms with van der Waals surface area (Å²) in [5, 5.41) is 0. The second kappa shape index (κ2) is 3.45. The number of hydrogen-bond acceptors (Lipinski definition) is 3. The van der Waals surface area contributed by atoms with Crippen LogP contribution in [0.3, 0.4) is 0 Å². The van der Waals surface area contributed by atoms with Gasteiger partial charge in [0.15, 0.2) is 11.6 Å². The van der Waals surface area contributed by atoms with Crippen molar-refractivity contribution in [2.24, 2.45) is 7.05 Å². The van der Waals surface area contributed by atoms with Gasteiger partial charge >= 0.3 is 0 Å². The number of aryl methyl sites for hydroxylation is 1. The Bertz CT molecular complexity index is 421. The summed E-state index contributed by atoms with van der Waals surface area (Å²) in [6, 6.07) is 0. The van der Waals surface area contributed by atoms with Crippen LogP contribution in [0.2, 0.25) is 0 Å². The summed E-state index contributed by atoms with van der Waals surface area (Å²) in [6.07, 6.45) is 4.36. The SMILES string of the molecule is Cn1cnc(C(=O)CC(=O)C2(Cl)CC2)c1. The van der Waals surface area contributed by atoms with E-state index in [0.29, 0.717) is 18.5 Å². The van der Waals surface area contributed by atoms with E-state index in [2.05, 4.69) is 4.98 Å². The van der Waals surface area contributed by atoms with E-state index < -0.39 is 4.87 Å². The standard InChI is InChI=1S/C10H11ClN2O2/c1-13-5-7(12-6-13)8(14)4-9(15)10(11)2-3-10/h5-6H,2-4H2,1H3. The lowest BCUT2D eigenvalue weighted by Crippen LogP contribution is -2.19. The Kier molecular flexibility index (Phi) is 2.38. The van der Waals surface area contributed by atoms with Gasteiger partial charge in [0, 0.05) is 13.2 Å². The van der Waals surface area contributed by atoms with Gasteiger partial charge in [-0.25, -0.2) is 4.98 Å². The number of imidazole rings is 1. The quantitative estimate of drug-likeness (QED) is 0.442. The van der Waals surface area contributed by atoms with Crippen molar-refractivity contribution in [2.45, 2.75) is 24.1 Å². The molecule has 15 heavy (non-hydrogen) atoms. The van der Waals surface area contributed by atoms with Gasteiger partial charge in [-0.2, -0.15) is 0 Å². The Hall–Kier alpha value is -1.16. The van der Waals surface area contributed by atoms with Crippen molar-refractivity contribution in [3.05, 3.63) is 18.2 Å². The minimum absolute atomic E-state index is 0.138. The smallest absolute Gasteiger partial charge is 0.190 e. The second-order valence-electron chi connectivity index (χ2n) is 3.91. The minimum atomic E-state index is -0.746. The third kappa shape index (κ3) is 2.09. The predicted octanol–water partition coefficient (Wildman–Crippen LogP) is 1.33. The first kappa shape index (κ1) is 10.4. The number of halogens is 1. The fourth-order valence-electron chi connectivity index (χ4n) is 1.34. The van der Waals surface area contributed by atoms with Crippen LogP contribution in [0.15, 0.2) is 12.5 Å². The first-order chi connectivity index (χ1) is 7.01. The normalized spacial score (nSPS) is 17.5. The number of hydrogen-bond donors (Lipinski definition) is 0. The molecule has 1 aliphatic rings. The Morgan fingerprint density at radius 1 is 1.60 bits per heavy atom. The maximum absolute atomic E-state index is 11.6. The molecule has 4 nitrogen and oxygen atoms in total. The highest BCUT2D eigenvalue weighted by atomic mass is 35.5. The van der Waals surface area contributed by atoms with Crippen LogP contribution in [0.5, 0.6) is 0 Å². The highest BCUT2D eigenvalue weighted by molar-refractivity contribution is 6.39. The third-order valence-electron chi connectivity index (χ3n) is 2.50. The molecule has 1 aliphatic carbocycles. The monoisotopic (exact) mass is 226 g/mol. The van der Waals surface area contributed by atoms with Crippen molar-refractivity contribution in [2.75, 3.05) is 0 Å².